The van der Waals surface area contributed by atoms with Crippen molar-refractivity contribution in [2.24, 2.45) is 0 Å². The van der Waals surface area contributed by atoms with E-state index in [1.165, 1.54) is 0 Å². The molecule has 2 amide bonds. The molecule has 0 heterocycles. The van der Waals surface area contributed by atoms with Crippen LogP contribution in [0.15, 0.2) is 30.3 Å². The van der Waals surface area contributed by atoms with E-state index in [2.05, 4.69) is 10.6 Å². The summed E-state index contributed by atoms with van der Waals surface area (Å²) in [4.78, 5) is 26.2. The number of amides is 2. The second-order valence-electron chi connectivity index (χ2n) is 7.03. The fourth-order valence-electron chi connectivity index (χ4n) is 2.86. The maximum absolute atomic E-state index is 12.3. The smallest absolute Gasteiger partial charge is 0.238 e. The summed E-state index contributed by atoms with van der Waals surface area (Å²) in [5, 5.41) is 6.24. The fourth-order valence-corrected chi connectivity index (χ4v) is 3.23. The zero-order chi connectivity index (χ0) is 20.1. The molecule has 0 bridgehead atoms. The Morgan fingerprint density at radius 3 is 2.15 bits per heavy atom. The van der Waals surface area contributed by atoms with E-state index in [1.54, 1.807) is 11.9 Å². The Morgan fingerprint density at radius 2 is 1.52 bits per heavy atom. The quantitative estimate of drug-likeness (QED) is 0.785. The van der Waals surface area contributed by atoms with Crippen LogP contribution in [0.2, 0.25) is 5.02 Å². The summed E-state index contributed by atoms with van der Waals surface area (Å²) in [6, 6.07) is 9.67. The van der Waals surface area contributed by atoms with Crippen molar-refractivity contribution in [3.05, 3.63) is 57.6 Å². The molecule has 5 nitrogen and oxygen atoms in total. The van der Waals surface area contributed by atoms with Crippen molar-refractivity contribution in [3.63, 3.8) is 0 Å². The molecule has 2 rings (SSSR count). The van der Waals surface area contributed by atoms with E-state index >= 15 is 0 Å². The minimum Gasteiger partial charge on any atom is -0.325 e. The molecular weight excluding hydrogens is 362 g/mol. The molecule has 0 unspecified atom stereocenters. The van der Waals surface area contributed by atoms with Gasteiger partial charge in [-0.1, -0.05) is 29.8 Å². The Labute approximate surface area is 165 Å². The van der Waals surface area contributed by atoms with Crippen molar-refractivity contribution < 1.29 is 9.59 Å². The zero-order valence-corrected chi connectivity index (χ0v) is 17.2. The van der Waals surface area contributed by atoms with E-state index in [1.807, 2.05) is 58.0 Å². The van der Waals surface area contributed by atoms with Gasteiger partial charge in [0.1, 0.15) is 0 Å². The third-order valence-electron chi connectivity index (χ3n) is 4.19. The number of carbonyl (C=O) groups is 2. The Balaban J connectivity index is 1.91. The normalized spacial score (nSPS) is 10.8. The van der Waals surface area contributed by atoms with E-state index in [0.29, 0.717) is 10.7 Å². The summed E-state index contributed by atoms with van der Waals surface area (Å²) in [5.41, 5.74) is 5.42. The number of halogens is 1. The number of likely N-dealkylation sites (N-methyl/N-ethyl adjacent to an activating group) is 1. The van der Waals surface area contributed by atoms with Crippen LogP contribution in [0.4, 0.5) is 11.4 Å². The van der Waals surface area contributed by atoms with Crippen LogP contribution in [-0.4, -0.2) is 36.9 Å². The highest BCUT2D eigenvalue weighted by Gasteiger charge is 2.14. The second kappa shape index (κ2) is 9.02. The summed E-state index contributed by atoms with van der Waals surface area (Å²) in [6.07, 6.45) is 0. The van der Waals surface area contributed by atoms with Crippen LogP contribution in [0.5, 0.6) is 0 Å². The van der Waals surface area contributed by atoms with Gasteiger partial charge in [0.15, 0.2) is 0 Å². The van der Waals surface area contributed by atoms with Gasteiger partial charge in [-0.25, -0.2) is 0 Å². The maximum atomic E-state index is 12.3. The highest BCUT2D eigenvalue weighted by molar-refractivity contribution is 6.34. The van der Waals surface area contributed by atoms with Crippen molar-refractivity contribution >= 4 is 34.8 Å². The average molecular weight is 388 g/mol. The van der Waals surface area contributed by atoms with Crippen LogP contribution in [0.25, 0.3) is 0 Å². The minimum atomic E-state index is -0.217. The van der Waals surface area contributed by atoms with Crippen molar-refractivity contribution in [1.82, 2.24) is 4.90 Å². The highest BCUT2D eigenvalue weighted by atomic mass is 35.5. The van der Waals surface area contributed by atoms with Crippen LogP contribution in [-0.2, 0) is 9.59 Å². The van der Waals surface area contributed by atoms with Gasteiger partial charge in [-0.15, -0.1) is 0 Å². The lowest BCUT2D eigenvalue weighted by molar-refractivity contribution is -0.119. The Kier molecular flexibility index (Phi) is 6.99. The van der Waals surface area contributed by atoms with Crippen LogP contribution in [0.1, 0.15) is 22.3 Å². The number of hydrogen-bond donors (Lipinski definition) is 2. The molecule has 2 aromatic rings. The predicted octanol–water partition coefficient (Wildman–Crippen LogP) is 4.08. The number of anilines is 2. The molecule has 2 aromatic carbocycles. The van der Waals surface area contributed by atoms with E-state index in [0.717, 1.165) is 27.9 Å². The van der Waals surface area contributed by atoms with Crippen LogP contribution in [0.3, 0.4) is 0 Å². The molecule has 144 valence electrons. The molecule has 2 N–H and O–H groups in total. The van der Waals surface area contributed by atoms with E-state index in [4.69, 9.17) is 11.6 Å². The first-order valence-corrected chi connectivity index (χ1v) is 9.15. The molecule has 6 heteroatoms. The molecule has 0 aromatic heterocycles. The number of nitrogens with one attached hydrogen (secondary N) is 2. The molecule has 27 heavy (non-hydrogen) atoms. The first-order chi connectivity index (χ1) is 12.7. The number of rotatable bonds is 6. The Bertz CT molecular complexity index is 841. The average Bonchev–Trinajstić information content (AvgIpc) is 2.54. The van der Waals surface area contributed by atoms with Crippen molar-refractivity contribution in [2.75, 3.05) is 30.8 Å². The first kappa shape index (κ1) is 20.9. The standard InChI is InChI=1S/C21H26ClN3O2/c1-13-6-7-15(3)18(10-13)23-19(26)11-25(5)12-20(27)24-21-16(4)8-14(2)9-17(21)22/h6-10H,11-12H2,1-5H3,(H,23,26)(H,24,27). The van der Waals surface area contributed by atoms with Gasteiger partial charge in [0, 0.05) is 5.69 Å². The number of carbonyl (C=O) groups excluding carboxylic acids is 2. The van der Waals surface area contributed by atoms with Gasteiger partial charge < -0.3 is 10.6 Å². The van der Waals surface area contributed by atoms with Gasteiger partial charge in [-0.05, 0) is 69.1 Å². The highest BCUT2D eigenvalue weighted by Crippen LogP contribution is 2.27. The van der Waals surface area contributed by atoms with Crippen molar-refractivity contribution in [3.8, 4) is 0 Å². The van der Waals surface area contributed by atoms with E-state index < -0.39 is 0 Å². The van der Waals surface area contributed by atoms with Crippen LogP contribution < -0.4 is 10.6 Å². The Hall–Kier alpha value is -2.37. The second-order valence-corrected chi connectivity index (χ2v) is 7.43. The van der Waals surface area contributed by atoms with Gasteiger partial charge in [0.2, 0.25) is 11.8 Å². The summed E-state index contributed by atoms with van der Waals surface area (Å²) >= 11 is 6.23. The Morgan fingerprint density at radius 1 is 0.889 bits per heavy atom. The summed E-state index contributed by atoms with van der Waals surface area (Å²) < 4.78 is 0. The number of nitrogens with zero attached hydrogens (tertiary/aromatic N) is 1. The molecule has 0 fully saturated rings. The molecule has 0 aliphatic carbocycles. The predicted molar refractivity (Wildman–Crippen MR) is 112 cm³/mol. The molecule has 0 atom stereocenters. The van der Waals surface area contributed by atoms with Crippen molar-refractivity contribution in [2.45, 2.75) is 27.7 Å². The fraction of sp³-hybridized carbons (Fsp3) is 0.333. The van der Waals surface area contributed by atoms with Gasteiger partial charge in [-0.2, -0.15) is 0 Å². The largest absolute Gasteiger partial charge is 0.325 e. The first-order valence-electron chi connectivity index (χ1n) is 8.78. The maximum Gasteiger partial charge on any atom is 0.238 e. The van der Waals surface area contributed by atoms with Crippen LogP contribution >= 0.6 is 11.6 Å². The minimum absolute atomic E-state index is 0.0872. The van der Waals surface area contributed by atoms with E-state index in [-0.39, 0.29) is 24.9 Å². The lowest BCUT2D eigenvalue weighted by Gasteiger charge is -2.18. The van der Waals surface area contributed by atoms with Gasteiger partial charge >= 0.3 is 0 Å². The van der Waals surface area contributed by atoms with Crippen molar-refractivity contribution in [1.29, 1.82) is 0 Å². The number of hydrogen-bond acceptors (Lipinski definition) is 3. The lowest BCUT2D eigenvalue weighted by atomic mass is 10.1. The zero-order valence-electron chi connectivity index (χ0n) is 16.4. The molecule has 0 radical (unpaired) electrons. The van der Waals surface area contributed by atoms with Gasteiger partial charge in [-0.3, -0.25) is 14.5 Å². The van der Waals surface area contributed by atoms with E-state index in [9.17, 15) is 9.59 Å². The van der Waals surface area contributed by atoms with Crippen LogP contribution in [0, 0.1) is 27.7 Å². The molecule has 0 spiro atoms. The topological polar surface area (TPSA) is 61.4 Å². The van der Waals surface area contributed by atoms with Gasteiger partial charge in [0.05, 0.1) is 23.8 Å². The lowest BCUT2D eigenvalue weighted by Crippen LogP contribution is -2.36. The summed E-state index contributed by atoms with van der Waals surface area (Å²) in [7, 11) is 1.73. The SMILES string of the molecule is Cc1cc(C)c(NC(=O)CN(C)CC(=O)Nc2cc(C)ccc2C)c(Cl)c1. The third-order valence-corrected chi connectivity index (χ3v) is 4.49. The molecular formula is C21H26ClN3O2. The molecule has 0 aliphatic heterocycles. The number of aryl methyl sites for hydroxylation is 4. The third kappa shape index (κ3) is 6.08. The molecule has 0 saturated carbocycles. The van der Waals surface area contributed by atoms with Gasteiger partial charge in [0.25, 0.3) is 0 Å². The summed E-state index contributed by atoms with van der Waals surface area (Å²) in [6.45, 7) is 7.97. The monoisotopic (exact) mass is 387 g/mol. The summed E-state index contributed by atoms with van der Waals surface area (Å²) in [5.74, 6) is -0.380. The molecule has 0 aliphatic rings. The molecule has 0 saturated heterocycles. The number of benzene rings is 2.